The van der Waals surface area contributed by atoms with Gasteiger partial charge in [-0.05, 0) is 25.2 Å². The molecule has 1 atom stereocenters. The molecule has 2 fully saturated rings. The van der Waals surface area contributed by atoms with Crippen LogP contribution in [-0.4, -0.2) is 68.2 Å². The molecule has 108 valence electrons. The van der Waals surface area contributed by atoms with E-state index in [2.05, 4.69) is 5.32 Å². The predicted octanol–water partition coefficient (Wildman–Crippen LogP) is 0.287. The van der Waals surface area contributed by atoms with Crippen molar-refractivity contribution in [3.05, 3.63) is 0 Å². The number of hydrogen-bond donors (Lipinski definition) is 1. The summed E-state index contributed by atoms with van der Waals surface area (Å²) in [4.78, 5) is 26.6. The van der Waals surface area contributed by atoms with E-state index in [9.17, 15) is 9.59 Å². The van der Waals surface area contributed by atoms with Gasteiger partial charge < -0.3 is 19.9 Å². The molecule has 2 saturated heterocycles. The van der Waals surface area contributed by atoms with E-state index in [1.54, 1.807) is 16.8 Å². The van der Waals surface area contributed by atoms with Crippen LogP contribution in [0.5, 0.6) is 0 Å². The summed E-state index contributed by atoms with van der Waals surface area (Å²) in [5.74, 6) is 0.494. The summed E-state index contributed by atoms with van der Waals surface area (Å²) in [6, 6.07) is -0.0594. The van der Waals surface area contributed by atoms with Crippen LogP contribution in [0.25, 0.3) is 0 Å². The summed E-state index contributed by atoms with van der Waals surface area (Å²) in [7, 11) is 1.75. The fourth-order valence-electron chi connectivity index (χ4n) is 2.53. The van der Waals surface area contributed by atoms with Crippen molar-refractivity contribution in [2.45, 2.75) is 19.3 Å². The highest BCUT2D eigenvalue weighted by Crippen LogP contribution is 2.16. The fourth-order valence-corrected chi connectivity index (χ4v) is 2.53. The van der Waals surface area contributed by atoms with Gasteiger partial charge in [-0.1, -0.05) is 0 Å². The summed E-state index contributed by atoms with van der Waals surface area (Å²) < 4.78 is 5.40. The molecule has 6 nitrogen and oxygen atoms in total. The second-order valence-corrected chi connectivity index (χ2v) is 5.35. The van der Waals surface area contributed by atoms with Gasteiger partial charge in [-0.3, -0.25) is 4.79 Å². The van der Waals surface area contributed by atoms with E-state index in [-0.39, 0.29) is 18.5 Å². The van der Waals surface area contributed by atoms with Crippen molar-refractivity contribution in [1.82, 2.24) is 15.1 Å². The van der Waals surface area contributed by atoms with Gasteiger partial charge in [-0.25, -0.2) is 4.79 Å². The Hall–Kier alpha value is -1.30. The largest absolute Gasteiger partial charge is 0.381 e. The quantitative estimate of drug-likeness (QED) is 0.780. The fraction of sp³-hybridized carbons (Fsp3) is 0.846. The number of carbonyl (C=O) groups excluding carboxylic acids is 2. The van der Waals surface area contributed by atoms with Crippen LogP contribution in [0.1, 0.15) is 19.3 Å². The van der Waals surface area contributed by atoms with Crippen molar-refractivity contribution in [3.8, 4) is 0 Å². The van der Waals surface area contributed by atoms with Crippen LogP contribution in [0.15, 0.2) is 0 Å². The van der Waals surface area contributed by atoms with Crippen LogP contribution in [0.4, 0.5) is 4.79 Å². The highest BCUT2D eigenvalue weighted by atomic mass is 16.5. The maximum absolute atomic E-state index is 11.7. The number of ether oxygens (including phenoxy) is 1. The molecule has 2 heterocycles. The molecule has 0 aromatic carbocycles. The topological polar surface area (TPSA) is 61.9 Å². The van der Waals surface area contributed by atoms with Crippen molar-refractivity contribution in [2.24, 2.45) is 5.92 Å². The third kappa shape index (κ3) is 4.09. The Morgan fingerprint density at radius 3 is 2.95 bits per heavy atom. The van der Waals surface area contributed by atoms with Crippen LogP contribution < -0.4 is 5.32 Å². The normalized spacial score (nSPS) is 23.8. The van der Waals surface area contributed by atoms with Crippen LogP contribution in [0.3, 0.4) is 0 Å². The van der Waals surface area contributed by atoms with E-state index >= 15 is 0 Å². The van der Waals surface area contributed by atoms with Gasteiger partial charge in [-0.15, -0.1) is 0 Å². The third-order valence-electron chi connectivity index (χ3n) is 3.77. The number of amides is 3. The van der Waals surface area contributed by atoms with E-state index in [0.717, 1.165) is 26.1 Å². The first-order valence-electron chi connectivity index (χ1n) is 7.01. The number of nitrogens with zero attached hydrogens (tertiary/aromatic N) is 2. The summed E-state index contributed by atoms with van der Waals surface area (Å²) in [6.45, 7) is 3.86. The number of urea groups is 1. The molecular formula is C13H23N3O3. The molecule has 2 aliphatic heterocycles. The van der Waals surface area contributed by atoms with E-state index < -0.39 is 0 Å². The molecule has 6 heteroatoms. The van der Waals surface area contributed by atoms with E-state index in [1.807, 2.05) is 0 Å². The minimum Gasteiger partial charge on any atom is -0.381 e. The molecule has 1 unspecified atom stereocenters. The first-order valence-corrected chi connectivity index (χ1v) is 7.01. The van der Waals surface area contributed by atoms with Crippen molar-refractivity contribution in [2.75, 3.05) is 46.4 Å². The Kier molecular flexibility index (Phi) is 5.01. The maximum Gasteiger partial charge on any atom is 0.320 e. The molecule has 0 aliphatic carbocycles. The second kappa shape index (κ2) is 6.75. The van der Waals surface area contributed by atoms with Crippen LogP contribution >= 0.6 is 0 Å². The van der Waals surface area contributed by atoms with Crippen LogP contribution in [-0.2, 0) is 9.53 Å². The Bertz CT molecular complexity index is 329. The molecule has 19 heavy (non-hydrogen) atoms. The summed E-state index contributed by atoms with van der Waals surface area (Å²) in [6.07, 6.45) is 3.26. The highest BCUT2D eigenvalue weighted by molar-refractivity contribution is 5.84. The molecular weight excluding hydrogens is 246 g/mol. The summed E-state index contributed by atoms with van der Waals surface area (Å²) >= 11 is 0. The lowest BCUT2D eigenvalue weighted by Crippen LogP contribution is -2.40. The first-order chi connectivity index (χ1) is 9.16. The van der Waals surface area contributed by atoms with Crippen molar-refractivity contribution >= 4 is 11.9 Å². The summed E-state index contributed by atoms with van der Waals surface area (Å²) in [5, 5.41) is 2.89. The van der Waals surface area contributed by atoms with Gasteiger partial charge in [0.1, 0.15) is 6.54 Å². The average Bonchev–Trinajstić information content (AvgIpc) is 2.72. The average molecular weight is 269 g/mol. The molecule has 1 N–H and O–H groups in total. The lowest BCUT2D eigenvalue weighted by molar-refractivity contribution is -0.121. The Labute approximate surface area is 114 Å². The molecule has 0 bridgehead atoms. The standard InChI is InChI=1S/C13H23N3O3/c1-15-6-7-16(13(15)18)9-12(17)14-5-4-11-3-2-8-19-10-11/h11H,2-10H2,1H3,(H,14,17). The molecule has 0 radical (unpaired) electrons. The van der Waals surface area contributed by atoms with Gasteiger partial charge in [0.15, 0.2) is 0 Å². The van der Waals surface area contributed by atoms with Crippen LogP contribution in [0, 0.1) is 5.92 Å². The molecule has 3 amide bonds. The molecule has 0 aromatic rings. The molecule has 2 rings (SSSR count). The lowest BCUT2D eigenvalue weighted by Gasteiger charge is -2.22. The molecule has 0 aromatic heterocycles. The van der Waals surface area contributed by atoms with Gasteiger partial charge in [0.25, 0.3) is 0 Å². The van der Waals surface area contributed by atoms with E-state index in [1.165, 1.54) is 6.42 Å². The van der Waals surface area contributed by atoms with E-state index in [4.69, 9.17) is 4.74 Å². The number of carbonyl (C=O) groups is 2. The Morgan fingerprint density at radius 1 is 1.47 bits per heavy atom. The lowest BCUT2D eigenvalue weighted by atomic mass is 9.99. The predicted molar refractivity (Wildman–Crippen MR) is 70.8 cm³/mol. The molecule has 2 aliphatic rings. The Balaban J connectivity index is 1.60. The van der Waals surface area contributed by atoms with Crippen molar-refractivity contribution < 1.29 is 14.3 Å². The minimum atomic E-state index is -0.0691. The van der Waals surface area contributed by atoms with Gasteiger partial charge in [0, 0.05) is 39.9 Å². The van der Waals surface area contributed by atoms with Crippen molar-refractivity contribution in [3.63, 3.8) is 0 Å². The van der Waals surface area contributed by atoms with Gasteiger partial charge in [0.2, 0.25) is 5.91 Å². The number of likely N-dealkylation sites (N-methyl/N-ethyl adjacent to an activating group) is 1. The summed E-state index contributed by atoms with van der Waals surface area (Å²) in [5.41, 5.74) is 0. The number of rotatable bonds is 5. The van der Waals surface area contributed by atoms with Crippen LogP contribution in [0.2, 0.25) is 0 Å². The zero-order valence-corrected chi connectivity index (χ0v) is 11.6. The Morgan fingerprint density at radius 2 is 2.32 bits per heavy atom. The SMILES string of the molecule is CN1CCN(CC(=O)NCCC2CCCOC2)C1=O. The zero-order chi connectivity index (χ0) is 13.7. The minimum absolute atomic E-state index is 0.0594. The maximum atomic E-state index is 11.7. The monoisotopic (exact) mass is 269 g/mol. The number of hydrogen-bond acceptors (Lipinski definition) is 3. The number of nitrogens with one attached hydrogen (secondary N) is 1. The third-order valence-corrected chi connectivity index (χ3v) is 3.77. The van der Waals surface area contributed by atoms with Gasteiger partial charge in [-0.2, -0.15) is 0 Å². The second-order valence-electron chi connectivity index (χ2n) is 5.35. The molecule has 0 saturated carbocycles. The highest BCUT2D eigenvalue weighted by Gasteiger charge is 2.26. The van der Waals surface area contributed by atoms with E-state index in [0.29, 0.717) is 25.6 Å². The van der Waals surface area contributed by atoms with Crippen molar-refractivity contribution in [1.29, 1.82) is 0 Å². The smallest absolute Gasteiger partial charge is 0.320 e. The molecule has 0 spiro atoms. The zero-order valence-electron chi connectivity index (χ0n) is 11.6. The van der Waals surface area contributed by atoms with Gasteiger partial charge >= 0.3 is 6.03 Å². The van der Waals surface area contributed by atoms with Gasteiger partial charge in [0.05, 0.1) is 0 Å². The first kappa shape index (κ1) is 14.1.